The number of aromatic amines is 1. The highest BCUT2D eigenvalue weighted by molar-refractivity contribution is 7.21. The second kappa shape index (κ2) is 6.98. The first kappa shape index (κ1) is 17.5. The van der Waals surface area contributed by atoms with Crippen LogP contribution in [0.3, 0.4) is 0 Å². The minimum Gasteiger partial charge on any atom is -0.335 e. The topological polar surface area (TPSA) is 69.8 Å². The van der Waals surface area contributed by atoms with Crippen molar-refractivity contribution in [1.82, 2.24) is 20.6 Å². The Bertz CT molecular complexity index is 887. The fraction of sp³-hybridized carbons (Fsp3) is 0.368. The van der Waals surface area contributed by atoms with Crippen LogP contribution >= 0.6 is 11.3 Å². The highest BCUT2D eigenvalue weighted by atomic mass is 32.1. The molecule has 7 heteroatoms. The fourth-order valence-electron chi connectivity index (χ4n) is 3.37. The molecule has 1 aliphatic heterocycles. The number of fused-ring (bicyclic) bond motifs is 1. The zero-order valence-corrected chi connectivity index (χ0v) is 17.0. The second-order valence-corrected chi connectivity index (χ2v) is 14.0. The number of carbonyl (C=O) groups is 1. The van der Waals surface area contributed by atoms with Gasteiger partial charge in [-0.2, -0.15) is 0 Å². The molecule has 0 spiro atoms. The van der Waals surface area contributed by atoms with Crippen LogP contribution in [0, 0.1) is 0 Å². The van der Waals surface area contributed by atoms with Crippen molar-refractivity contribution in [1.29, 1.82) is 0 Å². The van der Waals surface area contributed by atoms with Gasteiger partial charge in [0.2, 0.25) is 0 Å². The van der Waals surface area contributed by atoms with Crippen molar-refractivity contribution in [2.24, 2.45) is 0 Å². The van der Waals surface area contributed by atoms with Gasteiger partial charge in [0.1, 0.15) is 16.3 Å². The van der Waals surface area contributed by atoms with Gasteiger partial charge in [0, 0.05) is 5.56 Å². The molecule has 3 N–H and O–H groups in total. The van der Waals surface area contributed by atoms with E-state index in [0.717, 1.165) is 33.5 Å². The molecule has 2 aromatic heterocycles. The third-order valence-corrected chi connectivity index (χ3v) is 8.85. The van der Waals surface area contributed by atoms with Crippen molar-refractivity contribution >= 4 is 35.7 Å². The lowest BCUT2D eigenvalue weighted by Crippen LogP contribution is -2.49. The predicted octanol–water partition coefficient (Wildman–Crippen LogP) is 3.98. The molecule has 1 aromatic carbocycles. The third kappa shape index (κ3) is 3.74. The van der Waals surface area contributed by atoms with Crippen LogP contribution in [0.4, 0.5) is 0 Å². The van der Waals surface area contributed by atoms with E-state index in [1.54, 1.807) is 11.3 Å². The molecule has 1 saturated heterocycles. The van der Waals surface area contributed by atoms with E-state index in [-0.39, 0.29) is 12.1 Å². The summed E-state index contributed by atoms with van der Waals surface area (Å²) in [7, 11) is -1.15. The Morgan fingerprint density at radius 1 is 1.31 bits per heavy atom. The Hall–Kier alpha value is -1.96. The number of amides is 1. The van der Waals surface area contributed by atoms with E-state index >= 15 is 0 Å². The average Bonchev–Trinajstić information content (AvgIpc) is 3.14. The van der Waals surface area contributed by atoms with Gasteiger partial charge in [0.25, 0.3) is 5.91 Å². The molecule has 1 amide bonds. The van der Waals surface area contributed by atoms with E-state index in [4.69, 9.17) is 0 Å². The highest BCUT2D eigenvalue weighted by Crippen LogP contribution is 2.30. The van der Waals surface area contributed by atoms with Gasteiger partial charge in [-0.3, -0.25) is 4.79 Å². The Balaban J connectivity index is 1.47. The number of hydrogen-bond donors (Lipinski definition) is 3. The van der Waals surface area contributed by atoms with Crippen LogP contribution in [0.15, 0.2) is 36.4 Å². The molecular weight excluding hydrogens is 360 g/mol. The summed E-state index contributed by atoms with van der Waals surface area (Å²) in [5, 5.41) is 7.63. The molecule has 0 unspecified atom stereocenters. The maximum Gasteiger partial charge on any atom is 0.269 e. The molecule has 4 rings (SSSR count). The molecule has 0 saturated carbocycles. The van der Waals surface area contributed by atoms with Gasteiger partial charge >= 0.3 is 0 Å². The van der Waals surface area contributed by atoms with Crippen molar-refractivity contribution in [2.75, 3.05) is 6.17 Å². The van der Waals surface area contributed by atoms with E-state index in [0.29, 0.717) is 5.69 Å². The van der Waals surface area contributed by atoms with Crippen LogP contribution < -0.4 is 10.6 Å². The van der Waals surface area contributed by atoms with Gasteiger partial charge < -0.3 is 15.6 Å². The smallest absolute Gasteiger partial charge is 0.269 e. The number of nitrogens with zero attached hydrogens (tertiary/aromatic N) is 1. The summed E-state index contributed by atoms with van der Waals surface area (Å²) in [6.45, 7) is 4.80. The van der Waals surface area contributed by atoms with Crippen molar-refractivity contribution in [3.05, 3.63) is 42.1 Å². The fourth-order valence-corrected chi connectivity index (χ4v) is 6.48. The number of nitrogens with one attached hydrogen (secondary N) is 3. The molecule has 5 nitrogen and oxygen atoms in total. The minimum absolute atomic E-state index is 0.0599. The Labute approximate surface area is 158 Å². The zero-order chi connectivity index (χ0) is 18.1. The number of thiazole rings is 1. The first-order valence-electron chi connectivity index (χ1n) is 9.09. The number of hydrogen-bond acceptors (Lipinski definition) is 4. The van der Waals surface area contributed by atoms with E-state index in [1.807, 2.05) is 36.4 Å². The van der Waals surface area contributed by atoms with Gasteiger partial charge in [-0.05, 0) is 18.7 Å². The van der Waals surface area contributed by atoms with Crippen LogP contribution in [-0.4, -0.2) is 36.3 Å². The van der Waals surface area contributed by atoms with Gasteiger partial charge in [0.05, 0.1) is 18.9 Å². The monoisotopic (exact) mass is 384 g/mol. The summed E-state index contributed by atoms with van der Waals surface area (Å²) in [4.78, 5) is 20.4. The molecular formula is C19H24N4OSSi. The lowest BCUT2D eigenvalue weighted by molar-refractivity contribution is 0.0924. The highest BCUT2D eigenvalue weighted by Gasteiger charge is 2.26. The second-order valence-electron chi connectivity index (χ2n) is 7.74. The number of aromatic nitrogens is 2. The number of rotatable bonds is 3. The van der Waals surface area contributed by atoms with E-state index in [9.17, 15) is 4.79 Å². The van der Waals surface area contributed by atoms with Crippen molar-refractivity contribution in [2.45, 2.75) is 38.1 Å². The maximum atomic E-state index is 12.6. The maximum absolute atomic E-state index is 12.6. The molecule has 136 valence electrons. The summed E-state index contributed by atoms with van der Waals surface area (Å²) in [5.41, 5.74) is 2.46. The molecule has 1 fully saturated rings. The largest absolute Gasteiger partial charge is 0.335 e. The summed E-state index contributed by atoms with van der Waals surface area (Å²) >= 11 is 1.61. The van der Waals surface area contributed by atoms with Crippen LogP contribution in [0.5, 0.6) is 0 Å². The van der Waals surface area contributed by atoms with E-state index < -0.39 is 8.07 Å². The molecule has 3 heterocycles. The molecule has 26 heavy (non-hydrogen) atoms. The first-order chi connectivity index (χ1) is 12.5. The molecule has 0 bridgehead atoms. The van der Waals surface area contributed by atoms with Crippen LogP contribution in [-0.2, 0) is 0 Å². The van der Waals surface area contributed by atoms with Gasteiger partial charge in [-0.1, -0.05) is 55.9 Å². The summed E-state index contributed by atoms with van der Waals surface area (Å²) in [5.74, 6) is -0.0599. The van der Waals surface area contributed by atoms with Gasteiger partial charge in [0.15, 0.2) is 0 Å². The standard InChI is InChI=1S/C19H24N4OSSi/c1-26(2)10-6-9-16(20-12-26)22-18(24)14-11-15-17(21-14)23-19(25-15)13-7-4-3-5-8-13/h3-5,7-8,11,16,20-21H,6,9-10,12H2,1-2H3,(H,22,24)/t16-/m1/s1. The Morgan fingerprint density at radius 2 is 2.12 bits per heavy atom. The lowest BCUT2D eigenvalue weighted by Gasteiger charge is -2.21. The summed E-state index contributed by atoms with van der Waals surface area (Å²) < 4.78 is 1.01. The van der Waals surface area contributed by atoms with Crippen molar-refractivity contribution < 1.29 is 4.79 Å². The average molecular weight is 385 g/mol. The number of benzene rings is 1. The molecule has 1 atom stereocenters. The SMILES string of the molecule is C[Si]1(C)CCC[C@@H](NC(=O)c2cc3sc(-c4ccccc4)nc3[nH]2)NC1. The summed E-state index contributed by atoms with van der Waals surface area (Å²) in [6, 6.07) is 13.3. The van der Waals surface area contributed by atoms with Gasteiger partial charge in [-0.15, -0.1) is 11.3 Å². The first-order valence-corrected chi connectivity index (χ1v) is 13.3. The molecule has 1 aliphatic rings. The van der Waals surface area contributed by atoms with E-state index in [2.05, 4.69) is 33.7 Å². The van der Waals surface area contributed by atoms with Crippen LogP contribution in [0.25, 0.3) is 20.9 Å². The van der Waals surface area contributed by atoms with Crippen molar-refractivity contribution in [3.8, 4) is 10.6 Å². The van der Waals surface area contributed by atoms with Crippen LogP contribution in [0.1, 0.15) is 23.3 Å². The third-order valence-electron chi connectivity index (χ3n) is 4.93. The summed E-state index contributed by atoms with van der Waals surface area (Å²) in [6.07, 6.45) is 3.29. The lowest BCUT2D eigenvalue weighted by atomic mass is 10.2. The number of carbonyl (C=O) groups excluding carboxylic acids is 1. The molecule has 0 radical (unpaired) electrons. The zero-order valence-electron chi connectivity index (χ0n) is 15.1. The molecule has 3 aromatic rings. The Kier molecular flexibility index (Phi) is 4.68. The molecule has 0 aliphatic carbocycles. The quantitative estimate of drug-likeness (QED) is 0.598. The normalized spacial score (nSPS) is 20.0. The Morgan fingerprint density at radius 3 is 2.88 bits per heavy atom. The number of H-pyrrole nitrogens is 1. The van der Waals surface area contributed by atoms with Crippen molar-refractivity contribution in [3.63, 3.8) is 0 Å². The van der Waals surface area contributed by atoms with Crippen LogP contribution in [0.2, 0.25) is 19.1 Å². The van der Waals surface area contributed by atoms with Gasteiger partial charge in [-0.25, -0.2) is 4.98 Å². The predicted molar refractivity (Wildman–Crippen MR) is 110 cm³/mol. The van der Waals surface area contributed by atoms with E-state index in [1.165, 1.54) is 12.5 Å². The minimum atomic E-state index is -1.15.